The zero-order chi connectivity index (χ0) is 22.2. The minimum atomic E-state index is -0.493. The molecule has 0 spiro atoms. The molecule has 3 aromatic carbocycles. The van der Waals surface area contributed by atoms with E-state index in [1.165, 1.54) is 13.2 Å². The zero-order valence-corrected chi connectivity index (χ0v) is 18.6. The van der Waals surface area contributed by atoms with E-state index in [4.69, 9.17) is 14.2 Å². The standard InChI is InChI=1S/C23H21BrN2O5/c1-29-18-10-7-15(13-20(18)30-2)8-12-21(27)25-26-22(28)14-31-19-11-9-16-5-3-4-6-17(16)23(19)24/h3-13H,14H2,1-2H3,(H,25,27)(H,26,28)/b12-8+. The summed E-state index contributed by atoms with van der Waals surface area (Å²) >= 11 is 3.50. The highest BCUT2D eigenvalue weighted by Gasteiger charge is 2.09. The van der Waals surface area contributed by atoms with Gasteiger partial charge < -0.3 is 14.2 Å². The Hall–Kier alpha value is -3.52. The molecular weight excluding hydrogens is 464 g/mol. The molecule has 0 saturated heterocycles. The molecule has 0 saturated carbocycles. The average molecular weight is 485 g/mol. The van der Waals surface area contributed by atoms with Gasteiger partial charge in [0.1, 0.15) is 5.75 Å². The van der Waals surface area contributed by atoms with Crippen LogP contribution in [0.15, 0.2) is 65.1 Å². The van der Waals surface area contributed by atoms with Gasteiger partial charge in [0.25, 0.3) is 11.8 Å². The van der Waals surface area contributed by atoms with Gasteiger partial charge in [-0.25, -0.2) is 0 Å². The first kappa shape index (κ1) is 22.2. The fourth-order valence-corrected chi connectivity index (χ4v) is 3.41. The van der Waals surface area contributed by atoms with E-state index in [0.29, 0.717) is 17.2 Å². The highest BCUT2D eigenvalue weighted by molar-refractivity contribution is 9.10. The summed E-state index contributed by atoms with van der Waals surface area (Å²) in [5.41, 5.74) is 5.36. The van der Waals surface area contributed by atoms with Crippen molar-refractivity contribution < 1.29 is 23.8 Å². The third-order valence-electron chi connectivity index (χ3n) is 4.35. The van der Waals surface area contributed by atoms with Crippen LogP contribution < -0.4 is 25.1 Å². The molecule has 0 aliphatic rings. The van der Waals surface area contributed by atoms with E-state index in [0.717, 1.165) is 20.8 Å². The van der Waals surface area contributed by atoms with Crippen molar-refractivity contribution in [1.29, 1.82) is 0 Å². The maximum absolute atomic E-state index is 12.0. The van der Waals surface area contributed by atoms with Crippen molar-refractivity contribution in [3.8, 4) is 17.2 Å². The van der Waals surface area contributed by atoms with Crippen molar-refractivity contribution in [1.82, 2.24) is 10.9 Å². The monoisotopic (exact) mass is 484 g/mol. The SMILES string of the molecule is COc1ccc(/C=C/C(=O)NNC(=O)COc2ccc3ccccc3c2Br)cc1OC. The molecule has 3 aromatic rings. The number of benzene rings is 3. The number of ether oxygens (including phenoxy) is 3. The number of hydrogen-bond donors (Lipinski definition) is 2. The van der Waals surface area contributed by atoms with Gasteiger partial charge in [-0.05, 0) is 56.5 Å². The number of halogens is 1. The number of nitrogens with one attached hydrogen (secondary N) is 2. The molecule has 160 valence electrons. The van der Waals surface area contributed by atoms with Crippen LogP contribution in [0.25, 0.3) is 16.8 Å². The summed E-state index contributed by atoms with van der Waals surface area (Å²) in [6.07, 6.45) is 2.88. The molecule has 0 bridgehead atoms. The Bertz CT molecular complexity index is 1130. The molecule has 3 rings (SSSR count). The van der Waals surface area contributed by atoms with Crippen molar-refractivity contribution in [3.63, 3.8) is 0 Å². The second-order valence-electron chi connectivity index (χ2n) is 6.37. The van der Waals surface area contributed by atoms with Crippen molar-refractivity contribution in [2.24, 2.45) is 0 Å². The highest BCUT2D eigenvalue weighted by Crippen LogP contribution is 2.33. The van der Waals surface area contributed by atoms with Gasteiger partial charge in [-0.2, -0.15) is 0 Å². The number of carbonyl (C=O) groups is 2. The first-order valence-corrected chi connectivity index (χ1v) is 10.1. The number of amides is 2. The Balaban J connectivity index is 1.50. The topological polar surface area (TPSA) is 85.9 Å². The first-order chi connectivity index (χ1) is 15.0. The van der Waals surface area contributed by atoms with Crippen LogP contribution in [0.2, 0.25) is 0 Å². The molecule has 0 aromatic heterocycles. The van der Waals surface area contributed by atoms with Crippen molar-refractivity contribution in [2.45, 2.75) is 0 Å². The number of fused-ring (bicyclic) bond motifs is 1. The normalized spacial score (nSPS) is 10.7. The van der Waals surface area contributed by atoms with Crippen molar-refractivity contribution in [3.05, 3.63) is 70.7 Å². The summed E-state index contributed by atoms with van der Waals surface area (Å²) in [4.78, 5) is 24.0. The van der Waals surface area contributed by atoms with E-state index in [1.54, 1.807) is 37.5 Å². The summed E-state index contributed by atoms with van der Waals surface area (Å²) in [6, 6.07) is 16.8. The van der Waals surface area contributed by atoms with E-state index >= 15 is 0 Å². The highest BCUT2D eigenvalue weighted by atomic mass is 79.9. The predicted octanol–water partition coefficient (Wildman–Crippen LogP) is 3.86. The number of rotatable bonds is 7. The van der Waals surface area contributed by atoms with Gasteiger partial charge in [-0.1, -0.05) is 36.4 Å². The van der Waals surface area contributed by atoms with Crippen LogP contribution in [0, 0.1) is 0 Å². The van der Waals surface area contributed by atoms with Crippen molar-refractivity contribution >= 4 is 44.6 Å². The van der Waals surface area contributed by atoms with Crippen LogP contribution in [0.4, 0.5) is 0 Å². The van der Waals surface area contributed by atoms with Crippen LogP contribution in [-0.4, -0.2) is 32.6 Å². The van der Waals surface area contributed by atoms with Crippen LogP contribution in [-0.2, 0) is 9.59 Å². The summed E-state index contributed by atoms with van der Waals surface area (Å²) in [5, 5.41) is 2.04. The van der Waals surface area contributed by atoms with Gasteiger partial charge in [0.05, 0.1) is 18.7 Å². The minimum Gasteiger partial charge on any atom is -0.493 e. The van der Waals surface area contributed by atoms with Crippen LogP contribution >= 0.6 is 15.9 Å². The lowest BCUT2D eigenvalue weighted by atomic mass is 10.1. The first-order valence-electron chi connectivity index (χ1n) is 9.31. The number of carbonyl (C=O) groups excluding carboxylic acids is 2. The number of methoxy groups -OCH3 is 2. The molecule has 0 atom stereocenters. The summed E-state index contributed by atoms with van der Waals surface area (Å²) in [7, 11) is 3.08. The molecule has 0 aliphatic carbocycles. The fourth-order valence-electron chi connectivity index (χ4n) is 2.81. The van der Waals surface area contributed by atoms with E-state index in [2.05, 4.69) is 26.8 Å². The summed E-state index contributed by atoms with van der Waals surface area (Å²) in [6.45, 7) is -0.253. The maximum atomic E-state index is 12.0. The second kappa shape index (κ2) is 10.5. The quantitative estimate of drug-likeness (QED) is 0.392. The Labute approximate surface area is 188 Å². The lowest BCUT2D eigenvalue weighted by Crippen LogP contribution is -2.43. The van der Waals surface area contributed by atoms with Crippen LogP contribution in [0.3, 0.4) is 0 Å². The Morgan fingerprint density at radius 1 is 0.935 bits per heavy atom. The van der Waals surface area contributed by atoms with Crippen LogP contribution in [0.5, 0.6) is 17.2 Å². The maximum Gasteiger partial charge on any atom is 0.276 e. The molecule has 2 amide bonds. The van der Waals surface area contributed by atoms with Gasteiger partial charge >= 0.3 is 0 Å². The molecule has 2 N–H and O–H groups in total. The molecule has 7 nitrogen and oxygen atoms in total. The molecule has 0 heterocycles. The van der Waals surface area contributed by atoms with Gasteiger partial charge in [0, 0.05) is 6.08 Å². The van der Waals surface area contributed by atoms with Crippen molar-refractivity contribution in [2.75, 3.05) is 20.8 Å². The Kier molecular flexibility index (Phi) is 7.50. The van der Waals surface area contributed by atoms with E-state index in [-0.39, 0.29) is 6.61 Å². The Morgan fingerprint density at radius 3 is 2.45 bits per heavy atom. The largest absolute Gasteiger partial charge is 0.493 e. The van der Waals surface area contributed by atoms with E-state index in [9.17, 15) is 9.59 Å². The predicted molar refractivity (Wildman–Crippen MR) is 122 cm³/mol. The lowest BCUT2D eigenvalue weighted by Gasteiger charge is -2.11. The molecule has 31 heavy (non-hydrogen) atoms. The molecule has 8 heteroatoms. The van der Waals surface area contributed by atoms with Crippen LogP contribution in [0.1, 0.15) is 5.56 Å². The van der Waals surface area contributed by atoms with Gasteiger partial charge in [-0.15, -0.1) is 0 Å². The molecule has 0 fully saturated rings. The third kappa shape index (κ3) is 5.76. The number of hydrogen-bond acceptors (Lipinski definition) is 5. The molecule has 0 radical (unpaired) electrons. The fraction of sp³-hybridized carbons (Fsp3) is 0.130. The minimum absolute atomic E-state index is 0.253. The summed E-state index contributed by atoms with van der Waals surface area (Å²) < 4.78 is 16.7. The third-order valence-corrected chi connectivity index (χ3v) is 5.16. The lowest BCUT2D eigenvalue weighted by molar-refractivity contribution is -0.128. The second-order valence-corrected chi connectivity index (χ2v) is 7.17. The van der Waals surface area contributed by atoms with E-state index < -0.39 is 11.8 Å². The van der Waals surface area contributed by atoms with E-state index in [1.807, 2.05) is 30.3 Å². The zero-order valence-electron chi connectivity index (χ0n) is 17.0. The summed E-state index contributed by atoms with van der Waals surface area (Å²) in [5.74, 6) is 0.696. The van der Waals surface area contributed by atoms with Gasteiger partial charge in [-0.3, -0.25) is 20.4 Å². The number of hydrazine groups is 1. The van der Waals surface area contributed by atoms with Gasteiger partial charge in [0.15, 0.2) is 18.1 Å². The van der Waals surface area contributed by atoms with Gasteiger partial charge in [0.2, 0.25) is 0 Å². The Morgan fingerprint density at radius 2 is 1.68 bits per heavy atom. The molecule has 0 aliphatic heterocycles. The molecule has 0 unspecified atom stereocenters. The average Bonchev–Trinajstić information content (AvgIpc) is 2.80. The smallest absolute Gasteiger partial charge is 0.276 e. The molecular formula is C23H21BrN2O5.